The van der Waals surface area contributed by atoms with Crippen molar-refractivity contribution in [1.29, 1.82) is 0 Å². The van der Waals surface area contributed by atoms with E-state index in [1.165, 1.54) is 44.9 Å². The summed E-state index contributed by atoms with van der Waals surface area (Å²) in [7, 11) is 0. The molecule has 2 aliphatic heterocycles. The Hall–Kier alpha value is -0.280. The molecule has 1 saturated carbocycles. The van der Waals surface area contributed by atoms with Crippen LogP contribution in [-0.2, 0) is 4.79 Å². The molecule has 0 aromatic carbocycles. The molecule has 2 atom stereocenters. The van der Waals surface area contributed by atoms with Gasteiger partial charge in [-0.3, -0.25) is 4.79 Å². The van der Waals surface area contributed by atoms with Gasteiger partial charge in [-0.25, -0.2) is 0 Å². The molecule has 1 aliphatic carbocycles. The van der Waals surface area contributed by atoms with Crippen molar-refractivity contribution in [3.63, 3.8) is 0 Å². The normalized spacial score (nSPS) is 30.1. The molecule has 3 rings (SSSR count). The smallest absolute Gasteiger partial charge is 0.222 e. The summed E-state index contributed by atoms with van der Waals surface area (Å²) < 4.78 is 0. The second-order valence-electron chi connectivity index (χ2n) is 6.81. The molecule has 0 aromatic rings. The van der Waals surface area contributed by atoms with Crippen LogP contribution in [0.25, 0.3) is 0 Å². The number of halogens is 1. The summed E-state index contributed by atoms with van der Waals surface area (Å²) in [5.41, 5.74) is 0. The van der Waals surface area contributed by atoms with Crippen LogP contribution < -0.4 is 5.32 Å². The zero-order chi connectivity index (χ0) is 13.1. The van der Waals surface area contributed by atoms with E-state index in [4.69, 9.17) is 0 Å². The SMILES string of the molecule is Cl.O=C(CCCC1CCCC1)N1CCC2CCC(C1)N2. The fourth-order valence-electron chi connectivity index (χ4n) is 4.17. The van der Waals surface area contributed by atoms with E-state index in [0.717, 1.165) is 38.3 Å². The fraction of sp³-hybridized carbons (Fsp3) is 0.938. The van der Waals surface area contributed by atoms with Crippen molar-refractivity contribution in [2.45, 2.75) is 76.3 Å². The summed E-state index contributed by atoms with van der Waals surface area (Å²) in [5.74, 6) is 1.34. The number of amides is 1. The highest BCUT2D eigenvalue weighted by Crippen LogP contribution is 2.29. The molecule has 1 amide bonds. The van der Waals surface area contributed by atoms with E-state index in [1.54, 1.807) is 0 Å². The summed E-state index contributed by atoms with van der Waals surface area (Å²) >= 11 is 0. The largest absolute Gasteiger partial charge is 0.341 e. The van der Waals surface area contributed by atoms with Gasteiger partial charge < -0.3 is 10.2 Å². The topological polar surface area (TPSA) is 32.3 Å². The van der Waals surface area contributed by atoms with E-state index in [9.17, 15) is 4.79 Å². The number of nitrogens with zero attached hydrogens (tertiary/aromatic N) is 1. The standard InChI is InChI=1S/C16H28N2O.ClH/c19-16(7-3-6-13-4-1-2-5-13)18-11-10-14-8-9-15(12-18)17-14;/h13-15,17H,1-12H2;1H. The van der Waals surface area contributed by atoms with Crippen molar-refractivity contribution in [3.8, 4) is 0 Å². The summed E-state index contributed by atoms with van der Waals surface area (Å²) in [5, 5.41) is 3.64. The monoisotopic (exact) mass is 300 g/mol. The molecule has 20 heavy (non-hydrogen) atoms. The second-order valence-corrected chi connectivity index (χ2v) is 6.81. The van der Waals surface area contributed by atoms with Crippen LogP contribution in [0, 0.1) is 5.92 Å². The highest BCUT2D eigenvalue weighted by molar-refractivity contribution is 5.85. The number of hydrogen-bond donors (Lipinski definition) is 1. The first-order valence-corrected chi connectivity index (χ1v) is 8.35. The number of nitrogens with one attached hydrogen (secondary N) is 1. The van der Waals surface area contributed by atoms with Gasteiger partial charge in [-0.15, -0.1) is 12.4 Å². The second kappa shape index (κ2) is 7.65. The van der Waals surface area contributed by atoms with Crippen molar-refractivity contribution in [1.82, 2.24) is 10.2 Å². The van der Waals surface area contributed by atoms with Crippen molar-refractivity contribution < 1.29 is 4.79 Å². The molecular weight excluding hydrogens is 272 g/mol. The van der Waals surface area contributed by atoms with Crippen LogP contribution in [0.15, 0.2) is 0 Å². The molecule has 0 aromatic heterocycles. The molecule has 116 valence electrons. The van der Waals surface area contributed by atoms with Gasteiger partial charge in [0.2, 0.25) is 5.91 Å². The minimum Gasteiger partial charge on any atom is -0.341 e. The molecular formula is C16H29ClN2O. The molecule has 4 heteroatoms. The molecule has 1 N–H and O–H groups in total. The van der Waals surface area contributed by atoms with E-state index in [2.05, 4.69) is 10.2 Å². The fourth-order valence-corrected chi connectivity index (χ4v) is 4.17. The van der Waals surface area contributed by atoms with E-state index < -0.39 is 0 Å². The zero-order valence-corrected chi connectivity index (χ0v) is 13.3. The molecule has 2 saturated heterocycles. The Morgan fingerprint density at radius 2 is 1.80 bits per heavy atom. The summed E-state index contributed by atoms with van der Waals surface area (Å²) in [6.07, 6.45) is 12.6. The number of carbonyl (C=O) groups excluding carboxylic acids is 1. The predicted molar refractivity (Wildman–Crippen MR) is 84.2 cm³/mol. The molecule has 3 aliphatic rings. The van der Waals surface area contributed by atoms with Crippen molar-refractivity contribution >= 4 is 18.3 Å². The van der Waals surface area contributed by atoms with Crippen LogP contribution in [0.3, 0.4) is 0 Å². The molecule has 0 radical (unpaired) electrons. The van der Waals surface area contributed by atoms with Crippen LogP contribution in [0.4, 0.5) is 0 Å². The number of fused-ring (bicyclic) bond motifs is 2. The van der Waals surface area contributed by atoms with Gasteiger partial charge in [0, 0.05) is 31.6 Å². The first-order valence-electron chi connectivity index (χ1n) is 8.35. The lowest BCUT2D eigenvalue weighted by molar-refractivity contribution is -0.131. The van der Waals surface area contributed by atoms with Crippen LogP contribution in [0.2, 0.25) is 0 Å². The molecule has 3 nitrogen and oxygen atoms in total. The minimum atomic E-state index is 0. The van der Waals surface area contributed by atoms with Crippen LogP contribution >= 0.6 is 12.4 Å². The Labute approximate surface area is 129 Å². The van der Waals surface area contributed by atoms with Gasteiger partial charge in [-0.05, 0) is 38.0 Å². The van der Waals surface area contributed by atoms with Gasteiger partial charge >= 0.3 is 0 Å². The van der Waals surface area contributed by atoms with Crippen molar-refractivity contribution in [2.24, 2.45) is 5.92 Å². The average Bonchev–Trinajstić information content (AvgIpc) is 2.99. The van der Waals surface area contributed by atoms with E-state index in [1.807, 2.05) is 0 Å². The van der Waals surface area contributed by atoms with E-state index in [-0.39, 0.29) is 12.4 Å². The van der Waals surface area contributed by atoms with Crippen LogP contribution in [0.5, 0.6) is 0 Å². The Morgan fingerprint density at radius 3 is 2.60 bits per heavy atom. The lowest BCUT2D eigenvalue weighted by Crippen LogP contribution is -2.38. The first-order chi connectivity index (χ1) is 9.31. The lowest BCUT2D eigenvalue weighted by Gasteiger charge is -2.24. The summed E-state index contributed by atoms with van der Waals surface area (Å²) in [4.78, 5) is 14.4. The van der Waals surface area contributed by atoms with Crippen molar-refractivity contribution in [3.05, 3.63) is 0 Å². The third kappa shape index (κ3) is 4.11. The van der Waals surface area contributed by atoms with Crippen LogP contribution in [0.1, 0.15) is 64.2 Å². The predicted octanol–water partition coefficient (Wildman–Crippen LogP) is 3.12. The Bertz CT molecular complexity index is 318. The minimum absolute atomic E-state index is 0. The number of rotatable bonds is 4. The molecule has 2 unspecified atom stereocenters. The van der Waals surface area contributed by atoms with Gasteiger partial charge in [0.25, 0.3) is 0 Å². The van der Waals surface area contributed by atoms with Gasteiger partial charge in [0.05, 0.1) is 0 Å². The highest BCUT2D eigenvalue weighted by Gasteiger charge is 2.30. The van der Waals surface area contributed by atoms with Gasteiger partial charge in [0.15, 0.2) is 0 Å². The zero-order valence-electron chi connectivity index (χ0n) is 12.5. The maximum atomic E-state index is 12.3. The first kappa shape index (κ1) is 16.1. The lowest BCUT2D eigenvalue weighted by atomic mass is 10.00. The van der Waals surface area contributed by atoms with Gasteiger partial charge in [-0.2, -0.15) is 0 Å². The Balaban J connectivity index is 0.00000147. The summed E-state index contributed by atoms with van der Waals surface area (Å²) in [6.45, 7) is 1.94. The quantitative estimate of drug-likeness (QED) is 0.865. The molecule has 3 fully saturated rings. The van der Waals surface area contributed by atoms with E-state index >= 15 is 0 Å². The number of likely N-dealkylation sites (tertiary alicyclic amines) is 1. The molecule has 2 heterocycles. The molecule has 0 spiro atoms. The number of hydrogen-bond acceptors (Lipinski definition) is 2. The average molecular weight is 301 g/mol. The highest BCUT2D eigenvalue weighted by atomic mass is 35.5. The van der Waals surface area contributed by atoms with E-state index in [0.29, 0.717) is 18.0 Å². The Morgan fingerprint density at radius 1 is 1.05 bits per heavy atom. The van der Waals surface area contributed by atoms with Crippen LogP contribution in [-0.4, -0.2) is 36.0 Å². The third-order valence-electron chi connectivity index (χ3n) is 5.35. The van der Waals surface area contributed by atoms with Crippen molar-refractivity contribution in [2.75, 3.05) is 13.1 Å². The summed E-state index contributed by atoms with van der Waals surface area (Å²) in [6, 6.07) is 1.26. The maximum Gasteiger partial charge on any atom is 0.222 e. The Kier molecular flexibility index (Phi) is 6.16. The van der Waals surface area contributed by atoms with Gasteiger partial charge in [-0.1, -0.05) is 25.7 Å². The maximum absolute atomic E-state index is 12.3. The third-order valence-corrected chi connectivity index (χ3v) is 5.35. The molecule has 2 bridgehead atoms. The number of carbonyl (C=O) groups is 1. The van der Waals surface area contributed by atoms with Gasteiger partial charge in [0.1, 0.15) is 0 Å².